The number of nitrogens with one attached hydrogen (secondary N) is 2. The third-order valence-corrected chi connectivity index (χ3v) is 16.6. The number of ether oxygens (including phenoxy) is 1. The van der Waals surface area contributed by atoms with E-state index in [4.69, 9.17) is 20.0 Å². The maximum atomic E-state index is 14.5. The summed E-state index contributed by atoms with van der Waals surface area (Å²) >= 11 is 1.55. The van der Waals surface area contributed by atoms with Crippen LogP contribution in [0.3, 0.4) is 0 Å². The molecule has 3 aromatic heterocycles. The van der Waals surface area contributed by atoms with Crippen LogP contribution in [0.1, 0.15) is 74.1 Å². The highest BCUT2D eigenvalue weighted by Gasteiger charge is 2.49. The molecule has 6 aliphatic rings. The Bertz CT molecular complexity index is 3150. The Morgan fingerprint density at radius 3 is 2.59 bits per heavy atom. The predicted molar refractivity (Wildman–Crippen MR) is 267 cm³/mol. The first-order valence-electron chi connectivity index (χ1n) is 23.9. The number of nitrogens with zero attached hydrogens (tertiary/aromatic N) is 7. The van der Waals surface area contributed by atoms with E-state index in [-0.39, 0.29) is 72.0 Å². The number of hydrogen-bond acceptors (Lipinski definition) is 16. The number of aliphatic imine (C=N–C) groups is 1. The molecule has 1 aromatic carbocycles. The molecule has 374 valence electrons. The summed E-state index contributed by atoms with van der Waals surface area (Å²) in [6, 6.07) is 10.2. The van der Waals surface area contributed by atoms with Gasteiger partial charge in [-0.25, -0.2) is 18.4 Å². The summed E-state index contributed by atoms with van der Waals surface area (Å²) in [7, 11) is -2.00. The first-order valence-corrected chi connectivity index (χ1v) is 26.9. The molecule has 71 heavy (non-hydrogen) atoms. The quantitative estimate of drug-likeness (QED) is 0.142. The van der Waals surface area contributed by atoms with Crippen LogP contribution < -0.4 is 26.7 Å². The molecule has 19 nitrogen and oxygen atoms in total. The van der Waals surface area contributed by atoms with Gasteiger partial charge in [0.25, 0.3) is 17.3 Å². The average molecular weight is 1010 g/mol. The Morgan fingerprint density at radius 1 is 1.11 bits per heavy atom. The van der Waals surface area contributed by atoms with Crippen LogP contribution in [0, 0.1) is 12.8 Å². The molecule has 5 aliphatic heterocycles. The van der Waals surface area contributed by atoms with Crippen LogP contribution in [0.2, 0.25) is 0 Å². The fourth-order valence-corrected chi connectivity index (χ4v) is 12.9. The van der Waals surface area contributed by atoms with E-state index < -0.39 is 45.1 Å². The average Bonchev–Trinajstić information content (AvgIpc) is 4.19. The van der Waals surface area contributed by atoms with Crippen molar-refractivity contribution >= 4 is 56.0 Å². The van der Waals surface area contributed by atoms with Gasteiger partial charge in [-0.2, -0.15) is 0 Å². The second kappa shape index (κ2) is 18.3. The molecule has 8 heterocycles. The van der Waals surface area contributed by atoms with Gasteiger partial charge < -0.3 is 45.1 Å². The number of carbonyl (C=O) groups is 3. The summed E-state index contributed by atoms with van der Waals surface area (Å²) in [4.78, 5) is 72.0. The van der Waals surface area contributed by atoms with Crippen molar-refractivity contribution in [1.29, 1.82) is 0 Å². The minimum absolute atomic E-state index is 0.0151. The van der Waals surface area contributed by atoms with E-state index in [1.165, 1.54) is 4.57 Å². The van der Waals surface area contributed by atoms with Crippen molar-refractivity contribution < 1.29 is 37.2 Å². The van der Waals surface area contributed by atoms with Crippen LogP contribution >= 0.6 is 11.3 Å². The van der Waals surface area contributed by atoms with Gasteiger partial charge in [0.05, 0.1) is 56.9 Å². The number of likely N-dealkylation sites (tertiary alicyclic amines) is 2. The maximum absolute atomic E-state index is 14.5. The second-order valence-electron chi connectivity index (χ2n) is 20.0. The standard InChI is InChI=1S/C50H58N10O9S2/c1-26(2)39(48(64)60-23-31(61)19-36(60)46-54-49(65)50(4,55-46)29-9-7-28(8-10-29)44-27(3)53-25-70-44)37-20-38(56-69-37)68-18-17-58-15-11-30(22-58)59-16-13-35-41-33(21-52-35)40(45(51)62)34(24-71(6,66)67)32-12-14-57(5)47(63)42(32)43(41)59/h7-10,12,14,20-21,25-26,30-31,35-36,39,52,61H,11,13,15-19,22-24H2,1-6H3,(H2,51,62)(H,54,55,65)/t30-,31+,35?,36+,39-,50-/m0/s1. The number of aryl methyl sites for hydroxylation is 2. The van der Waals surface area contributed by atoms with Crippen LogP contribution in [-0.4, -0.2) is 142 Å². The van der Waals surface area contributed by atoms with Crippen LogP contribution in [0.15, 0.2) is 85.3 Å². The number of thiazole rings is 1. The number of amides is 3. The van der Waals surface area contributed by atoms with E-state index in [0.29, 0.717) is 65.6 Å². The highest BCUT2D eigenvalue weighted by atomic mass is 32.2. The van der Waals surface area contributed by atoms with Gasteiger partial charge in [-0.1, -0.05) is 38.1 Å². The zero-order chi connectivity index (χ0) is 50.3. The van der Waals surface area contributed by atoms with E-state index in [1.54, 1.807) is 60.2 Å². The second-order valence-corrected chi connectivity index (χ2v) is 23.0. The monoisotopic (exact) mass is 1010 g/mol. The summed E-state index contributed by atoms with van der Waals surface area (Å²) in [5.41, 5.74) is 12.0. The molecule has 6 atom stereocenters. The highest BCUT2D eigenvalue weighted by Crippen LogP contribution is 2.47. The molecule has 0 saturated carbocycles. The molecule has 5 N–H and O–H groups in total. The number of β-amino-alcohol motifs (C(OH)–C–C–N with tert-alkyl or cyclic N) is 1. The van der Waals surface area contributed by atoms with E-state index in [9.17, 15) is 32.7 Å². The molecule has 4 aromatic rings. The third kappa shape index (κ3) is 8.69. The minimum atomic E-state index is -3.65. The molecule has 2 saturated heterocycles. The minimum Gasteiger partial charge on any atom is -0.474 e. The lowest BCUT2D eigenvalue weighted by Crippen LogP contribution is -2.48. The van der Waals surface area contributed by atoms with E-state index in [2.05, 4.69) is 30.6 Å². The van der Waals surface area contributed by atoms with Crippen molar-refractivity contribution in [2.24, 2.45) is 23.7 Å². The third-order valence-electron chi connectivity index (χ3n) is 14.8. The number of rotatable bonds is 14. The number of aliphatic hydroxyl groups excluding tert-OH is 1. The fraction of sp³-hybridized carbons (Fsp3) is 0.460. The first-order chi connectivity index (χ1) is 33.8. The number of nitrogens with two attached hydrogens (primary N) is 1. The molecular formula is C50H58N10O9S2. The van der Waals surface area contributed by atoms with Crippen LogP contribution in [0.25, 0.3) is 21.7 Å². The number of benzene rings is 1. The number of pyridine rings is 1. The van der Waals surface area contributed by atoms with Gasteiger partial charge in [0, 0.05) is 88.1 Å². The lowest BCUT2D eigenvalue weighted by molar-refractivity contribution is -0.134. The predicted octanol–water partition coefficient (Wildman–Crippen LogP) is 2.67. The summed E-state index contributed by atoms with van der Waals surface area (Å²) in [6.07, 6.45) is 5.26. The van der Waals surface area contributed by atoms with Crippen molar-refractivity contribution in [3.63, 3.8) is 0 Å². The van der Waals surface area contributed by atoms with Crippen LogP contribution in [-0.2, 0) is 36.8 Å². The summed E-state index contributed by atoms with van der Waals surface area (Å²) < 4.78 is 39.1. The summed E-state index contributed by atoms with van der Waals surface area (Å²) in [5, 5.41) is 21.5. The van der Waals surface area contributed by atoms with Crippen molar-refractivity contribution in [3.8, 4) is 16.3 Å². The number of primary amides is 1. The first kappa shape index (κ1) is 48.2. The van der Waals surface area contributed by atoms with Crippen LogP contribution in [0.5, 0.6) is 5.88 Å². The Labute approximate surface area is 415 Å². The van der Waals surface area contributed by atoms with Gasteiger partial charge in [-0.15, -0.1) is 11.3 Å². The molecule has 3 amide bonds. The number of amidine groups is 1. The lowest BCUT2D eigenvalue weighted by atomic mass is 9.88. The highest BCUT2D eigenvalue weighted by molar-refractivity contribution is 7.91. The fourth-order valence-electron chi connectivity index (χ4n) is 11.2. The van der Waals surface area contributed by atoms with Crippen molar-refractivity contribution in [1.82, 2.24) is 40.0 Å². The number of fused-ring (bicyclic) bond motifs is 2. The molecule has 1 aliphatic carbocycles. The van der Waals surface area contributed by atoms with Crippen molar-refractivity contribution in [2.75, 3.05) is 51.3 Å². The molecule has 10 rings (SSSR count). The molecule has 0 bridgehead atoms. The topological polar surface area (TPSA) is 248 Å². The lowest BCUT2D eigenvalue weighted by Gasteiger charge is -2.40. The molecule has 0 spiro atoms. The van der Waals surface area contributed by atoms with E-state index >= 15 is 0 Å². The Hall–Kier alpha value is -6.42. The number of aliphatic hydroxyl groups is 1. The van der Waals surface area contributed by atoms with Gasteiger partial charge in [-0.3, -0.25) is 24.1 Å². The number of aromatic nitrogens is 3. The molecular weight excluding hydrogens is 949 g/mol. The smallest absolute Gasteiger partial charge is 0.260 e. The van der Waals surface area contributed by atoms with Gasteiger partial charge in [-0.05, 0) is 66.1 Å². The van der Waals surface area contributed by atoms with Gasteiger partial charge in [0.2, 0.25) is 11.8 Å². The molecule has 21 heteroatoms. The van der Waals surface area contributed by atoms with Crippen molar-refractivity contribution in [2.45, 2.75) is 82.6 Å². The summed E-state index contributed by atoms with van der Waals surface area (Å²) in [6.45, 7) is 10.4. The molecule has 1 unspecified atom stereocenters. The van der Waals surface area contributed by atoms with E-state index in [0.717, 1.165) is 40.9 Å². The van der Waals surface area contributed by atoms with Gasteiger partial charge in [0.15, 0.2) is 21.1 Å². The van der Waals surface area contributed by atoms with Crippen molar-refractivity contribution in [3.05, 3.63) is 110 Å². The Morgan fingerprint density at radius 2 is 1.89 bits per heavy atom. The van der Waals surface area contributed by atoms with E-state index in [1.807, 2.05) is 45.0 Å². The van der Waals surface area contributed by atoms with Gasteiger partial charge >= 0.3 is 0 Å². The Balaban J connectivity index is 0.816. The maximum Gasteiger partial charge on any atom is 0.260 e. The van der Waals surface area contributed by atoms with Gasteiger partial charge in [0.1, 0.15) is 18.4 Å². The number of hydrogen-bond donors (Lipinski definition) is 4. The zero-order valence-corrected chi connectivity index (χ0v) is 42.1. The number of sulfone groups is 1. The Kier molecular flexibility index (Phi) is 12.4. The molecule has 2 fully saturated rings. The number of carbonyl (C=O) groups excluding carboxylic acids is 3. The van der Waals surface area contributed by atoms with Crippen LogP contribution in [0.4, 0.5) is 0 Å². The molecule has 0 radical (unpaired) electrons. The largest absolute Gasteiger partial charge is 0.474 e. The SMILES string of the molecule is Cc1ncsc1-c1ccc([C@]2(C)N=C([C@H]3C[C@@H](O)CN3C(=O)[C@H](c3cc(OCCN4CC[C@H](N5CCC6NC=C7C(C(N)=O)=C(CS(C)(=O)=O)c8ccn(C)c(=O)c8C5=C76)C4)no3)C(C)C)NC2=O)cc1. The zero-order valence-electron chi connectivity index (χ0n) is 40.5. The normalized spacial score (nSPS) is 24.7. The summed E-state index contributed by atoms with van der Waals surface area (Å²) in [5.74, 6) is -1.96.